The van der Waals surface area contributed by atoms with Crippen LogP contribution in [0.2, 0.25) is 0 Å². The molecule has 0 rings (SSSR count). The van der Waals surface area contributed by atoms with E-state index in [0.29, 0.717) is 19.3 Å². The topological polar surface area (TPSA) is 71.4 Å². The molecule has 0 radical (unpaired) electrons. The van der Waals surface area contributed by atoms with Crippen LogP contribution >= 0.6 is 7.26 Å². The normalized spacial score (nSPS) is 11.7. The van der Waals surface area contributed by atoms with Crippen LogP contribution in [-0.4, -0.2) is 24.6 Å². The Kier molecular flexibility index (Phi) is 34.5. The fourth-order valence-corrected chi connectivity index (χ4v) is 11.3. The van der Waals surface area contributed by atoms with Crippen molar-refractivity contribution in [2.45, 2.75) is 206 Å². The molecule has 0 spiro atoms. The van der Waals surface area contributed by atoms with Crippen molar-refractivity contribution in [3.05, 3.63) is 0 Å². The summed E-state index contributed by atoms with van der Waals surface area (Å²) >= 11 is 0. The molecule has 43 heavy (non-hydrogen) atoms. The monoisotopic (exact) mass is 616 g/mol. The van der Waals surface area contributed by atoms with Gasteiger partial charge in [0.15, 0.2) is 0 Å². The quantitative estimate of drug-likeness (QED) is 0.0526. The molecule has 0 atom stereocenters. The minimum absolute atomic E-state index is 0.600. The van der Waals surface area contributed by atoms with Crippen LogP contribution in [0.25, 0.3) is 0 Å². The Morgan fingerprint density at radius 1 is 0.302 bits per heavy atom. The molecule has 0 saturated carbocycles. The summed E-state index contributed by atoms with van der Waals surface area (Å²) in [6.45, 7) is 2.30. The van der Waals surface area contributed by atoms with E-state index in [4.69, 9.17) is 15.8 Å². The second-order valence-electron chi connectivity index (χ2n) is 13.8. The van der Waals surface area contributed by atoms with Gasteiger partial charge >= 0.3 is 156 Å². The molecule has 0 bridgehead atoms. The number of rotatable bonds is 35. The third-order valence-electron chi connectivity index (χ3n) is 9.86. The summed E-state index contributed by atoms with van der Waals surface area (Å²) in [5, 5.41) is 27.3. The third-order valence-corrected chi connectivity index (χ3v) is 15.2. The molecular formula is C39H74N3P. The summed E-state index contributed by atoms with van der Waals surface area (Å²) in [4.78, 5) is 0. The van der Waals surface area contributed by atoms with Gasteiger partial charge in [-0.25, -0.2) is 0 Å². The molecule has 250 valence electrons. The van der Waals surface area contributed by atoms with Crippen LogP contribution in [0.3, 0.4) is 0 Å². The molecule has 0 aliphatic rings. The van der Waals surface area contributed by atoms with Gasteiger partial charge in [-0.3, -0.25) is 0 Å². The molecule has 3 nitrogen and oxygen atoms in total. The summed E-state index contributed by atoms with van der Waals surface area (Å²) in [6, 6.07) is 6.95. The fraction of sp³-hybridized carbons (Fsp3) is 0.923. The molecule has 0 aromatic heterocycles. The van der Waals surface area contributed by atoms with Crippen LogP contribution in [0, 0.1) is 34.0 Å². The molecule has 0 aromatic rings. The van der Waals surface area contributed by atoms with E-state index in [9.17, 15) is 0 Å². The molecule has 0 N–H and O–H groups in total. The fourth-order valence-electron chi connectivity index (χ4n) is 6.88. The molecule has 0 amide bonds. The third kappa shape index (κ3) is 30.7. The first-order chi connectivity index (χ1) is 21.2. The average Bonchev–Trinajstić information content (AvgIpc) is 3.02. The van der Waals surface area contributed by atoms with Crippen molar-refractivity contribution in [3.8, 4) is 18.2 Å². The summed E-state index contributed by atoms with van der Waals surface area (Å²) in [5.41, 5.74) is 0. The minimum atomic E-state index is -1.65. The molecule has 0 aliphatic carbocycles. The Labute approximate surface area is 271 Å². The zero-order valence-electron chi connectivity index (χ0n) is 29.1. The van der Waals surface area contributed by atoms with Gasteiger partial charge in [0.1, 0.15) is 0 Å². The van der Waals surface area contributed by atoms with Gasteiger partial charge < -0.3 is 0 Å². The maximum atomic E-state index is 9.10. The number of nitrogens with zero attached hydrogens (tertiary/aromatic N) is 3. The van der Waals surface area contributed by atoms with Gasteiger partial charge in [-0.05, 0) is 0 Å². The van der Waals surface area contributed by atoms with Gasteiger partial charge in [0.25, 0.3) is 0 Å². The van der Waals surface area contributed by atoms with Crippen LogP contribution < -0.4 is 0 Å². The standard InChI is InChI=1S/C39H74N3P/c1-2-3-4-5-6-7-8-9-10-11-12-13-14-15-16-17-18-19-20-21-22-23-24-25-26-27-28-29-36-43(37-30-33-40,38-31-34-41)39-32-35-42/h43H,2-32,36-39H2,1H3. The summed E-state index contributed by atoms with van der Waals surface area (Å²) in [6.07, 6.45) is 45.8. The van der Waals surface area contributed by atoms with E-state index < -0.39 is 7.26 Å². The van der Waals surface area contributed by atoms with E-state index in [1.807, 2.05) is 0 Å². The Morgan fingerprint density at radius 2 is 0.512 bits per heavy atom. The summed E-state index contributed by atoms with van der Waals surface area (Å²) in [5.74, 6) is 0. The summed E-state index contributed by atoms with van der Waals surface area (Å²) in [7, 11) is -1.65. The first-order valence-electron chi connectivity index (χ1n) is 19.4. The van der Waals surface area contributed by atoms with Crippen molar-refractivity contribution in [1.82, 2.24) is 0 Å². The molecule has 0 saturated heterocycles. The van der Waals surface area contributed by atoms with Gasteiger partial charge in [0, 0.05) is 0 Å². The number of unbranched alkanes of at least 4 members (excludes halogenated alkanes) is 27. The predicted octanol–water partition coefficient (Wildman–Crippen LogP) is 13.4. The SMILES string of the molecule is CCCCCCCCCCCCCCCCCCCCCCCCCCCCCC[PH](CCC#N)(CCC#N)CCC#N. The Hall–Kier alpha value is -1.10. The van der Waals surface area contributed by atoms with E-state index >= 15 is 0 Å². The molecule has 0 aromatic carbocycles. The first kappa shape index (κ1) is 41.9. The average molecular weight is 616 g/mol. The maximum absolute atomic E-state index is 9.10. The predicted molar refractivity (Wildman–Crippen MR) is 193 cm³/mol. The van der Waals surface area contributed by atoms with E-state index in [1.54, 1.807) is 0 Å². The Bertz CT molecular complexity index is 641. The van der Waals surface area contributed by atoms with Gasteiger partial charge in [0.2, 0.25) is 0 Å². The zero-order valence-corrected chi connectivity index (χ0v) is 30.1. The van der Waals surface area contributed by atoms with Crippen LogP contribution in [-0.2, 0) is 0 Å². The molecule has 0 heterocycles. The van der Waals surface area contributed by atoms with Gasteiger partial charge in [-0.1, -0.05) is 116 Å². The van der Waals surface area contributed by atoms with Crippen molar-refractivity contribution >= 4 is 7.26 Å². The van der Waals surface area contributed by atoms with Crippen LogP contribution in [0.4, 0.5) is 0 Å². The van der Waals surface area contributed by atoms with E-state index in [1.165, 1.54) is 186 Å². The number of hydrogen-bond acceptors (Lipinski definition) is 3. The molecule has 0 fully saturated rings. The van der Waals surface area contributed by atoms with Crippen LogP contribution in [0.1, 0.15) is 206 Å². The summed E-state index contributed by atoms with van der Waals surface area (Å²) < 4.78 is 0. The van der Waals surface area contributed by atoms with Crippen molar-refractivity contribution in [2.24, 2.45) is 0 Å². The van der Waals surface area contributed by atoms with E-state index in [-0.39, 0.29) is 0 Å². The zero-order chi connectivity index (χ0) is 31.4. The van der Waals surface area contributed by atoms with Crippen LogP contribution in [0.15, 0.2) is 0 Å². The molecule has 0 aliphatic heterocycles. The molecule has 0 unspecified atom stereocenters. The van der Waals surface area contributed by atoms with Crippen molar-refractivity contribution in [3.63, 3.8) is 0 Å². The second kappa shape index (κ2) is 35.4. The molecule has 4 heteroatoms. The van der Waals surface area contributed by atoms with Gasteiger partial charge in [0.05, 0.1) is 0 Å². The second-order valence-corrected chi connectivity index (χ2v) is 18.8. The number of hydrogen-bond donors (Lipinski definition) is 0. The van der Waals surface area contributed by atoms with E-state index in [0.717, 1.165) is 18.5 Å². The van der Waals surface area contributed by atoms with Gasteiger partial charge in [-0.15, -0.1) is 0 Å². The van der Waals surface area contributed by atoms with Crippen molar-refractivity contribution in [1.29, 1.82) is 15.8 Å². The van der Waals surface area contributed by atoms with E-state index in [2.05, 4.69) is 25.1 Å². The number of nitriles is 3. The Balaban J connectivity index is 3.42. The van der Waals surface area contributed by atoms with Gasteiger partial charge in [-0.2, -0.15) is 0 Å². The van der Waals surface area contributed by atoms with Crippen molar-refractivity contribution < 1.29 is 0 Å². The first-order valence-corrected chi connectivity index (χ1v) is 22.2. The molecular weight excluding hydrogens is 541 g/mol. The van der Waals surface area contributed by atoms with Crippen LogP contribution in [0.5, 0.6) is 0 Å². The van der Waals surface area contributed by atoms with Crippen molar-refractivity contribution in [2.75, 3.05) is 24.6 Å². The Morgan fingerprint density at radius 3 is 0.721 bits per heavy atom.